The van der Waals surface area contributed by atoms with Gasteiger partial charge in [-0.05, 0) is 36.8 Å². The highest BCUT2D eigenvalue weighted by Gasteiger charge is 2.28. The van der Waals surface area contributed by atoms with E-state index in [9.17, 15) is 9.90 Å². The number of carbonyl (C=O) groups excluding carboxylic acids is 1. The molecule has 2 aromatic carbocycles. The second-order valence-corrected chi connectivity index (χ2v) is 9.62. The van der Waals surface area contributed by atoms with Gasteiger partial charge >= 0.3 is 0 Å². The zero-order chi connectivity index (χ0) is 26.4. The highest BCUT2D eigenvalue weighted by molar-refractivity contribution is 7.99. The van der Waals surface area contributed by atoms with Gasteiger partial charge < -0.3 is 45.3 Å². The summed E-state index contributed by atoms with van der Waals surface area (Å²) in [5, 5.41) is 36.9. The van der Waals surface area contributed by atoms with E-state index in [2.05, 4.69) is 34.9 Å². The van der Waals surface area contributed by atoms with Crippen molar-refractivity contribution in [3.05, 3.63) is 54.1 Å². The van der Waals surface area contributed by atoms with E-state index in [1.54, 1.807) is 6.92 Å². The number of para-hydroxylation sites is 1. The number of aliphatic hydroxyl groups excluding tert-OH is 3. The van der Waals surface area contributed by atoms with Crippen LogP contribution in [0.1, 0.15) is 12.5 Å². The Balaban J connectivity index is 0.000000434. The standard InChI is InChI=1S/C21H25NO4S.C5H13NO3/c1-2-25-19(21(23)24)15-16-7-9-17(10-8-16)26-13-11-22-12-14-27-20-6-4-3-5-18(20)22;6-1-5(2-7,3-8)4-9/h3-10,19H,2,11-15H2,1H3,(H,23,24);7-9H,1-4,6H2/t19-;/m0./s1. The molecule has 0 radical (unpaired) electrons. The highest BCUT2D eigenvalue weighted by Crippen LogP contribution is 2.34. The van der Waals surface area contributed by atoms with Crippen molar-refractivity contribution in [1.29, 1.82) is 0 Å². The smallest absolute Gasteiger partial charge is 0.119 e. The predicted octanol–water partition coefficient (Wildman–Crippen LogP) is -0.433. The summed E-state index contributed by atoms with van der Waals surface area (Å²) in [7, 11) is 0. The summed E-state index contributed by atoms with van der Waals surface area (Å²) in [4.78, 5) is 14.8. The van der Waals surface area contributed by atoms with E-state index < -0.39 is 17.5 Å². The number of anilines is 1. The molecule has 0 aromatic heterocycles. The van der Waals surface area contributed by atoms with Gasteiger partial charge in [-0.2, -0.15) is 0 Å². The third-order valence-electron chi connectivity index (χ3n) is 5.97. The number of nitrogens with zero attached hydrogens (tertiary/aromatic N) is 1. The van der Waals surface area contributed by atoms with Crippen molar-refractivity contribution in [1.82, 2.24) is 0 Å². The number of carboxylic acid groups (broad SMARTS) is 1. The van der Waals surface area contributed by atoms with Crippen LogP contribution >= 0.6 is 11.8 Å². The van der Waals surface area contributed by atoms with Gasteiger partial charge in [0.25, 0.3) is 0 Å². The molecule has 0 spiro atoms. The third-order valence-corrected chi connectivity index (χ3v) is 7.01. The lowest BCUT2D eigenvalue weighted by atomic mass is 9.92. The average Bonchev–Trinajstić information content (AvgIpc) is 2.91. The fourth-order valence-corrected chi connectivity index (χ4v) is 4.52. The number of aliphatic hydroxyl groups is 3. The van der Waals surface area contributed by atoms with Gasteiger partial charge in [-0.15, -0.1) is 11.8 Å². The summed E-state index contributed by atoms with van der Waals surface area (Å²) in [6.45, 7) is 4.25. The van der Waals surface area contributed by atoms with Gasteiger partial charge in [0.2, 0.25) is 0 Å². The van der Waals surface area contributed by atoms with E-state index in [0.29, 0.717) is 26.2 Å². The van der Waals surface area contributed by atoms with Crippen LogP contribution in [0.25, 0.3) is 0 Å². The summed E-state index contributed by atoms with van der Waals surface area (Å²) >= 11 is 1.90. The van der Waals surface area contributed by atoms with Gasteiger partial charge in [-0.1, -0.05) is 24.3 Å². The van der Waals surface area contributed by atoms with Crippen molar-refractivity contribution in [3.8, 4) is 5.75 Å². The number of carbonyl (C=O) groups is 1. The zero-order valence-electron chi connectivity index (χ0n) is 20.8. The molecule has 36 heavy (non-hydrogen) atoms. The highest BCUT2D eigenvalue weighted by atomic mass is 32.2. The molecule has 0 saturated heterocycles. The second kappa shape index (κ2) is 15.7. The molecule has 1 aliphatic rings. The molecule has 1 heterocycles. The van der Waals surface area contributed by atoms with Crippen LogP contribution in [-0.4, -0.2) is 85.8 Å². The van der Waals surface area contributed by atoms with Gasteiger partial charge in [-0.25, -0.2) is 0 Å². The predicted molar refractivity (Wildman–Crippen MR) is 137 cm³/mol. The number of ether oxygens (including phenoxy) is 2. The summed E-state index contributed by atoms with van der Waals surface area (Å²) in [6.07, 6.45) is -0.627. The Hall–Kier alpha value is -2.34. The first-order valence-electron chi connectivity index (χ1n) is 12.0. The number of quaternary nitrogens is 1. The molecule has 200 valence electrons. The van der Waals surface area contributed by atoms with Crippen LogP contribution in [0.4, 0.5) is 5.69 Å². The molecule has 1 atom stereocenters. The Morgan fingerprint density at radius 2 is 1.81 bits per heavy atom. The zero-order valence-corrected chi connectivity index (χ0v) is 21.6. The molecule has 10 heteroatoms. The van der Waals surface area contributed by atoms with E-state index >= 15 is 0 Å². The maximum atomic E-state index is 11.1. The molecule has 0 unspecified atom stereocenters. The lowest BCUT2D eigenvalue weighted by Crippen LogP contribution is -2.61. The van der Waals surface area contributed by atoms with Crippen LogP contribution in [0, 0.1) is 5.41 Å². The van der Waals surface area contributed by atoms with E-state index in [4.69, 9.17) is 24.8 Å². The molecule has 0 fully saturated rings. The Morgan fingerprint density at radius 3 is 2.36 bits per heavy atom. The summed E-state index contributed by atoms with van der Waals surface area (Å²) < 4.78 is 11.1. The molecular weight excluding hydrogens is 484 g/mol. The fraction of sp³-hybridized carbons (Fsp3) is 0.500. The largest absolute Gasteiger partial charge is 0.547 e. The first kappa shape index (κ1) is 29.9. The van der Waals surface area contributed by atoms with Crippen molar-refractivity contribution >= 4 is 23.4 Å². The fourth-order valence-electron chi connectivity index (χ4n) is 3.47. The van der Waals surface area contributed by atoms with Crippen molar-refractivity contribution < 1.29 is 40.4 Å². The molecule has 0 aliphatic carbocycles. The number of hydrogen-bond donors (Lipinski definition) is 4. The molecule has 9 nitrogen and oxygen atoms in total. The Labute approximate surface area is 216 Å². The van der Waals surface area contributed by atoms with Gasteiger partial charge in [0, 0.05) is 30.2 Å². The number of hydrogen-bond acceptors (Lipinski definition) is 9. The molecule has 6 N–H and O–H groups in total. The monoisotopic (exact) mass is 522 g/mol. The Bertz CT molecular complexity index is 892. The van der Waals surface area contributed by atoms with Crippen LogP contribution in [0.2, 0.25) is 0 Å². The average molecular weight is 523 g/mol. The topological polar surface area (TPSA) is 150 Å². The molecule has 0 saturated carbocycles. The SMILES string of the molecule is CCO[C@@H](Cc1ccc(OCCN2CCSc3ccccc32)cc1)C(=O)[O-].[NH3+]CC(CO)(CO)CO. The van der Waals surface area contributed by atoms with Crippen molar-refractivity contribution in [3.63, 3.8) is 0 Å². The second-order valence-electron chi connectivity index (χ2n) is 8.49. The van der Waals surface area contributed by atoms with E-state index in [1.807, 2.05) is 36.0 Å². The summed E-state index contributed by atoms with van der Waals surface area (Å²) in [5.74, 6) is 0.683. The number of benzene rings is 2. The minimum Gasteiger partial charge on any atom is -0.547 e. The molecular formula is C26H38N2O7S. The summed E-state index contributed by atoms with van der Waals surface area (Å²) in [5.41, 5.74) is 4.87. The number of aliphatic carboxylic acids is 1. The van der Waals surface area contributed by atoms with E-state index in [1.165, 1.54) is 10.6 Å². The van der Waals surface area contributed by atoms with Crippen LogP contribution in [0.5, 0.6) is 5.75 Å². The minimum atomic E-state index is -1.18. The van der Waals surface area contributed by atoms with Crippen LogP contribution < -0.4 is 20.5 Å². The Morgan fingerprint density at radius 1 is 1.14 bits per heavy atom. The Kier molecular flexibility index (Phi) is 13.0. The van der Waals surface area contributed by atoms with Gasteiger partial charge in [0.1, 0.15) is 18.5 Å². The van der Waals surface area contributed by atoms with Gasteiger partial charge in [0.05, 0.1) is 50.0 Å². The number of fused-ring (bicyclic) bond motifs is 1. The van der Waals surface area contributed by atoms with Crippen molar-refractivity contribution in [2.45, 2.75) is 24.3 Å². The normalized spacial score (nSPS) is 13.9. The van der Waals surface area contributed by atoms with Crippen molar-refractivity contribution in [2.75, 3.05) is 63.3 Å². The first-order valence-corrected chi connectivity index (χ1v) is 13.0. The van der Waals surface area contributed by atoms with Crippen LogP contribution in [-0.2, 0) is 16.0 Å². The number of carboxylic acids is 1. The van der Waals surface area contributed by atoms with Gasteiger partial charge in [-0.3, -0.25) is 0 Å². The maximum Gasteiger partial charge on any atom is 0.119 e. The van der Waals surface area contributed by atoms with Crippen LogP contribution in [0.15, 0.2) is 53.4 Å². The molecule has 2 aromatic rings. The molecule has 0 bridgehead atoms. The van der Waals surface area contributed by atoms with Crippen LogP contribution in [0.3, 0.4) is 0 Å². The third kappa shape index (κ3) is 8.95. The van der Waals surface area contributed by atoms with Crippen molar-refractivity contribution in [2.24, 2.45) is 5.41 Å². The van der Waals surface area contributed by atoms with E-state index in [0.717, 1.165) is 30.2 Å². The molecule has 0 amide bonds. The minimum absolute atomic E-state index is 0.219. The van der Waals surface area contributed by atoms with Gasteiger partial charge in [0.15, 0.2) is 0 Å². The molecule has 1 aliphatic heterocycles. The molecule has 3 rings (SSSR count). The number of rotatable bonds is 13. The quantitative estimate of drug-likeness (QED) is 0.275. The lowest BCUT2D eigenvalue weighted by Gasteiger charge is -2.30. The maximum absolute atomic E-state index is 11.1. The number of thioether (sulfide) groups is 1. The first-order chi connectivity index (χ1) is 17.4. The lowest BCUT2D eigenvalue weighted by molar-refractivity contribution is -0.399. The summed E-state index contributed by atoms with van der Waals surface area (Å²) in [6, 6.07) is 15.9. The van der Waals surface area contributed by atoms with E-state index in [-0.39, 0.29) is 19.8 Å².